The number of rotatable bonds is 3. The summed E-state index contributed by atoms with van der Waals surface area (Å²) in [7, 11) is 0. The molecule has 25 heavy (non-hydrogen) atoms. The zero-order valence-corrected chi connectivity index (χ0v) is 13.2. The molecule has 2 heterocycles. The summed E-state index contributed by atoms with van der Waals surface area (Å²) < 4.78 is 13.9. The summed E-state index contributed by atoms with van der Waals surface area (Å²) in [5.74, 6) is -1.28. The molecule has 2 N–H and O–H groups in total. The summed E-state index contributed by atoms with van der Waals surface area (Å²) in [4.78, 5) is 33.3. The summed E-state index contributed by atoms with van der Waals surface area (Å²) >= 11 is 0. The maximum Gasteiger partial charge on any atom is 0.232 e. The molecule has 0 spiro atoms. The molecule has 0 bridgehead atoms. The summed E-state index contributed by atoms with van der Waals surface area (Å²) in [5, 5.41) is 2.70. The first-order chi connectivity index (χ1) is 12.1. The van der Waals surface area contributed by atoms with E-state index >= 15 is 0 Å². The van der Waals surface area contributed by atoms with Crippen molar-refractivity contribution in [2.24, 2.45) is 5.92 Å². The Kier molecular flexibility index (Phi) is 3.68. The maximum atomic E-state index is 13.9. The van der Waals surface area contributed by atoms with E-state index in [-0.39, 0.29) is 30.5 Å². The van der Waals surface area contributed by atoms with Gasteiger partial charge in [0.15, 0.2) is 0 Å². The van der Waals surface area contributed by atoms with E-state index in [0.717, 1.165) is 11.0 Å². The molecule has 0 aliphatic carbocycles. The third-order valence-electron chi connectivity index (χ3n) is 4.27. The molecule has 0 radical (unpaired) electrons. The number of hydrogen-bond donors (Lipinski definition) is 2. The quantitative estimate of drug-likeness (QED) is 0.771. The van der Waals surface area contributed by atoms with Gasteiger partial charge in [-0.15, -0.1) is 0 Å². The van der Waals surface area contributed by atoms with E-state index in [1.165, 1.54) is 17.0 Å². The molecule has 1 fully saturated rings. The van der Waals surface area contributed by atoms with Crippen molar-refractivity contribution in [2.45, 2.75) is 6.42 Å². The molecule has 2 amide bonds. The van der Waals surface area contributed by atoms with E-state index in [4.69, 9.17) is 0 Å². The Morgan fingerprint density at radius 1 is 1.20 bits per heavy atom. The fourth-order valence-corrected chi connectivity index (χ4v) is 3.02. The molecule has 1 atom stereocenters. The number of H-pyrrole nitrogens is 1. The maximum absolute atomic E-state index is 13.9. The zero-order valence-electron chi connectivity index (χ0n) is 13.2. The molecule has 1 saturated heterocycles. The normalized spacial score (nSPS) is 17.2. The number of hydrogen-bond acceptors (Lipinski definition) is 3. The average molecular weight is 338 g/mol. The van der Waals surface area contributed by atoms with Crippen LogP contribution in [0.15, 0.2) is 48.5 Å². The molecule has 6 nitrogen and oxygen atoms in total. The minimum atomic E-state index is -0.555. The molecule has 2 aromatic carbocycles. The number of carbonyl (C=O) groups excluding carboxylic acids is 2. The topological polar surface area (TPSA) is 78.1 Å². The number of aromatic nitrogens is 2. The van der Waals surface area contributed by atoms with E-state index in [0.29, 0.717) is 5.95 Å². The van der Waals surface area contributed by atoms with Gasteiger partial charge in [-0.2, -0.15) is 0 Å². The van der Waals surface area contributed by atoms with Crippen molar-refractivity contribution in [3.63, 3.8) is 0 Å². The number of nitrogens with zero attached hydrogens (tertiary/aromatic N) is 2. The highest BCUT2D eigenvalue weighted by molar-refractivity contribution is 6.03. The van der Waals surface area contributed by atoms with E-state index in [9.17, 15) is 14.0 Å². The SMILES string of the molecule is O=C(Nc1nc2ccccc2[nH]1)[C@H]1CC(=O)N(c2ccccc2F)C1. The summed E-state index contributed by atoms with van der Waals surface area (Å²) in [6, 6.07) is 13.5. The van der Waals surface area contributed by atoms with Crippen LogP contribution in [-0.4, -0.2) is 28.3 Å². The van der Waals surface area contributed by atoms with E-state index in [1.54, 1.807) is 12.1 Å². The van der Waals surface area contributed by atoms with Crippen LogP contribution < -0.4 is 10.2 Å². The molecule has 126 valence electrons. The van der Waals surface area contributed by atoms with Crippen LogP contribution in [0.1, 0.15) is 6.42 Å². The highest BCUT2D eigenvalue weighted by Crippen LogP contribution is 2.28. The fraction of sp³-hybridized carbons (Fsp3) is 0.167. The van der Waals surface area contributed by atoms with E-state index in [2.05, 4.69) is 15.3 Å². The average Bonchev–Trinajstić information content (AvgIpc) is 3.18. The van der Waals surface area contributed by atoms with Crippen LogP contribution in [-0.2, 0) is 9.59 Å². The van der Waals surface area contributed by atoms with Crippen LogP contribution in [0.25, 0.3) is 11.0 Å². The van der Waals surface area contributed by atoms with Gasteiger partial charge in [0, 0.05) is 13.0 Å². The molecular weight excluding hydrogens is 323 g/mol. The highest BCUT2D eigenvalue weighted by Gasteiger charge is 2.36. The Balaban J connectivity index is 1.50. The van der Waals surface area contributed by atoms with Gasteiger partial charge in [0.25, 0.3) is 0 Å². The first-order valence-corrected chi connectivity index (χ1v) is 7.92. The molecular formula is C18H15FN4O2. The smallest absolute Gasteiger partial charge is 0.232 e. The minimum absolute atomic E-state index is 0.0421. The van der Waals surface area contributed by atoms with Crippen molar-refractivity contribution in [1.29, 1.82) is 0 Å². The first-order valence-electron chi connectivity index (χ1n) is 7.92. The van der Waals surface area contributed by atoms with Crippen LogP contribution >= 0.6 is 0 Å². The van der Waals surface area contributed by atoms with Crippen molar-refractivity contribution < 1.29 is 14.0 Å². The molecule has 1 aliphatic rings. The third kappa shape index (κ3) is 2.84. The van der Waals surface area contributed by atoms with Crippen LogP contribution in [0.2, 0.25) is 0 Å². The molecule has 0 unspecified atom stereocenters. The second-order valence-electron chi connectivity index (χ2n) is 5.95. The second-order valence-corrected chi connectivity index (χ2v) is 5.95. The number of imidazole rings is 1. The van der Waals surface area contributed by atoms with Crippen LogP contribution in [0, 0.1) is 11.7 Å². The number of nitrogens with one attached hydrogen (secondary N) is 2. The van der Waals surface area contributed by atoms with Crippen molar-refractivity contribution in [3.8, 4) is 0 Å². The number of aromatic amines is 1. The lowest BCUT2D eigenvalue weighted by molar-refractivity contribution is -0.122. The number of para-hydroxylation sites is 3. The minimum Gasteiger partial charge on any atom is -0.324 e. The number of halogens is 1. The van der Waals surface area contributed by atoms with Crippen molar-refractivity contribution in [1.82, 2.24) is 9.97 Å². The van der Waals surface area contributed by atoms with Gasteiger partial charge in [0.1, 0.15) is 5.82 Å². The molecule has 1 aromatic heterocycles. The van der Waals surface area contributed by atoms with Crippen LogP contribution in [0.5, 0.6) is 0 Å². The predicted molar refractivity (Wildman–Crippen MR) is 91.6 cm³/mol. The second kappa shape index (κ2) is 6.01. The largest absolute Gasteiger partial charge is 0.324 e. The van der Waals surface area contributed by atoms with E-state index in [1.807, 2.05) is 24.3 Å². The van der Waals surface area contributed by atoms with Gasteiger partial charge in [-0.25, -0.2) is 9.37 Å². The van der Waals surface area contributed by atoms with Gasteiger partial charge < -0.3 is 9.88 Å². The molecule has 1 aliphatic heterocycles. The zero-order chi connectivity index (χ0) is 17.4. The Morgan fingerprint density at radius 2 is 1.96 bits per heavy atom. The van der Waals surface area contributed by atoms with Gasteiger partial charge in [0.2, 0.25) is 17.8 Å². The van der Waals surface area contributed by atoms with Gasteiger partial charge >= 0.3 is 0 Å². The van der Waals surface area contributed by atoms with Crippen molar-refractivity contribution >= 4 is 34.5 Å². The molecule has 4 rings (SSSR count). The Labute approximate surface area is 142 Å². The fourth-order valence-electron chi connectivity index (χ4n) is 3.02. The van der Waals surface area contributed by atoms with Gasteiger partial charge in [-0.1, -0.05) is 24.3 Å². The number of fused-ring (bicyclic) bond motifs is 1. The highest BCUT2D eigenvalue weighted by atomic mass is 19.1. The Hall–Kier alpha value is -3.22. The van der Waals surface area contributed by atoms with Crippen molar-refractivity contribution in [2.75, 3.05) is 16.8 Å². The molecule has 3 aromatic rings. The van der Waals surface area contributed by atoms with Gasteiger partial charge in [-0.05, 0) is 24.3 Å². The first kappa shape index (κ1) is 15.3. The number of carbonyl (C=O) groups is 2. The Bertz CT molecular complexity index is 935. The monoisotopic (exact) mass is 338 g/mol. The molecule has 0 saturated carbocycles. The third-order valence-corrected chi connectivity index (χ3v) is 4.27. The number of amides is 2. The van der Waals surface area contributed by atoms with Crippen LogP contribution in [0.4, 0.5) is 16.0 Å². The standard InChI is InChI=1S/C18H15FN4O2/c19-12-5-1-4-8-15(12)23-10-11(9-16(23)24)17(25)22-18-20-13-6-2-3-7-14(13)21-18/h1-8,11H,9-10H2,(H2,20,21,22,25)/t11-/m0/s1. The van der Waals surface area contributed by atoms with Gasteiger partial charge in [0.05, 0.1) is 22.6 Å². The number of benzene rings is 2. The van der Waals surface area contributed by atoms with Crippen molar-refractivity contribution in [3.05, 3.63) is 54.3 Å². The summed E-state index contributed by atoms with van der Waals surface area (Å²) in [6.07, 6.45) is 0.0421. The Morgan fingerprint density at radius 3 is 2.76 bits per heavy atom. The molecule has 7 heteroatoms. The predicted octanol–water partition coefficient (Wildman–Crippen LogP) is 2.69. The lowest BCUT2D eigenvalue weighted by atomic mass is 10.1. The lowest BCUT2D eigenvalue weighted by Gasteiger charge is -2.17. The van der Waals surface area contributed by atoms with Crippen LogP contribution in [0.3, 0.4) is 0 Å². The summed E-state index contributed by atoms with van der Waals surface area (Å²) in [6.45, 7) is 0.145. The number of anilines is 2. The lowest BCUT2D eigenvalue weighted by Crippen LogP contribution is -2.28. The van der Waals surface area contributed by atoms with E-state index < -0.39 is 11.7 Å². The van der Waals surface area contributed by atoms with Gasteiger partial charge in [-0.3, -0.25) is 14.9 Å². The summed E-state index contributed by atoms with van der Waals surface area (Å²) in [5.41, 5.74) is 1.76.